The van der Waals surface area contributed by atoms with Gasteiger partial charge in [0.05, 0.1) is 13.5 Å². The Bertz CT molecular complexity index is 486. The van der Waals surface area contributed by atoms with E-state index in [4.69, 9.17) is 0 Å². The molecule has 1 aromatic rings. The first-order chi connectivity index (χ1) is 9.77. The maximum Gasteiger partial charge on any atom is 0.307 e. The van der Waals surface area contributed by atoms with Crippen molar-refractivity contribution in [3.63, 3.8) is 0 Å². The van der Waals surface area contributed by atoms with E-state index in [-0.39, 0.29) is 29.8 Å². The molecule has 1 amide bonds. The van der Waals surface area contributed by atoms with Crippen molar-refractivity contribution in [3.05, 3.63) is 35.4 Å². The van der Waals surface area contributed by atoms with Crippen LogP contribution in [0, 0.1) is 0 Å². The van der Waals surface area contributed by atoms with Crippen molar-refractivity contribution in [1.82, 2.24) is 5.32 Å². The van der Waals surface area contributed by atoms with E-state index >= 15 is 0 Å². The zero-order chi connectivity index (χ0) is 16.0. The molecule has 0 saturated heterocycles. The SMILES string of the molecule is CCC(CC(=O)OC)NC(=O)c1ccc(C(C)(C)C)cc1. The normalized spacial score (nSPS) is 12.6. The van der Waals surface area contributed by atoms with Gasteiger partial charge in [0.25, 0.3) is 5.91 Å². The van der Waals surface area contributed by atoms with Gasteiger partial charge in [0.15, 0.2) is 0 Å². The minimum absolute atomic E-state index is 0.0614. The molecule has 0 aromatic heterocycles. The molecule has 0 bridgehead atoms. The highest BCUT2D eigenvalue weighted by Gasteiger charge is 2.17. The van der Waals surface area contributed by atoms with E-state index in [1.165, 1.54) is 12.7 Å². The summed E-state index contributed by atoms with van der Waals surface area (Å²) in [4.78, 5) is 23.5. The molecular formula is C17H25NO3. The lowest BCUT2D eigenvalue weighted by Crippen LogP contribution is -2.36. The van der Waals surface area contributed by atoms with Crippen LogP contribution >= 0.6 is 0 Å². The van der Waals surface area contributed by atoms with E-state index in [1.807, 2.05) is 31.2 Å². The summed E-state index contributed by atoms with van der Waals surface area (Å²) < 4.78 is 4.63. The lowest BCUT2D eigenvalue weighted by Gasteiger charge is -2.19. The number of carbonyl (C=O) groups is 2. The Kier molecular flexibility index (Phi) is 5.94. The lowest BCUT2D eigenvalue weighted by molar-refractivity contribution is -0.141. The van der Waals surface area contributed by atoms with Gasteiger partial charge in [0, 0.05) is 11.6 Å². The molecule has 1 rings (SSSR count). The smallest absolute Gasteiger partial charge is 0.307 e. The standard InChI is InChI=1S/C17H25NO3/c1-6-14(11-15(19)21-5)18-16(20)12-7-9-13(10-8-12)17(2,3)4/h7-10,14H,6,11H2,1-5H3,(H,18,20). The molecular weight excluding hydrogens is 266 g/mol. The van der Waals surface area contributed by atoms with Gasteiger partial charge in [0.2, 0.25) is 0 Å². The number of esters is 1. The zero-order valence-electron chi connectivity index (χ0n) is 13.5. The van der Waals surface area contributed by atoms with Crippen LogP contribution in [0.3, 0.4) is 0 Å². The highest BCUT2D eigenvalue weighted by molar-refractivity contribution is 5.94. The zero-order valence-corrected chi connectivity index (χ0v) is 13.5. The van der Waals surface area contributed by atoms with Gasteiger partial charge in [-0.15, -0.1) is 0 Å². The summed E-state index contributed by atoms with van der Waals surface area (Å²) in [6.07, 6.45) is 0.875. The third-order valence-electron chi connectivity index (χ3n) is 3.48. The first-order valence-electron chi connectivity index (χ1n) is 7.26. The van der Waals surface area contributed by atoms with E-state index < -0.39 is 0 Å². The molecule has 1 aromatic carbocycles. The third kappa shape index (κ3) is 5.21. The van der Waals surface area contributed by atoms with Crippen molar-refractivity contribution in [2.45, 2.75) is 52.0 Å². The molecule has 0 aliphatic heterocycles. The molecule has 4 nitrogen and oxygen atoms in total. The first kappa shape index (κ1) is 17.2. The average molecular weight is 291 g/mol. The number of methoxy groups -OCH3 is 1. The van der Waals surface area contributed by atoms with Crippen LogP contribution in [0.4, 0.5) is 0 Å². The molecule has 21 heavy (non-hydrogen) atoms. The number of carbonyl (C=O) groups excluding carboxylic acids is 2. The number of ether oxygens (including phenoxy) is 1. The van der Waals surface area contributed by atoms with Crippen LogP contribution in [0.15, 0.2) is 24.3 Å². The summed E-state index contributed by atoms with van der Waals surface area (Å²) in [6, 6.07) is 7.38. The van der Waals surface area contributed by atoms with Crippen LogP contribution in [0.25, 0.3) is 0 Å². The molecule has 0 radical (unpaired) electrons. The second-order valence-electron chi connectivity index (χ2n) is 6.19. The van der Waals surface area contributed by atoms with Crippen molar-refractivity contribution in [2.24, 2.45) is 0 Å². The molecule has 1 unspecified atom stereocenters. The van der Waals surface area contributed by atoms with Crippen LogP contribution in [-0.4, -0.2) is 25.0 Å². The van der Waals surface area contributed by atoms with Crippen LogP contribution < -0.4 is 5.32 Å². The molecule has 1 N–H and O–H groups in total. The minimum atomic E-state index is -0.315. The maximum absolute atomic E-state index is 12.2. The van der Waals surface area contributed by atoms with E-state index in [0.29, 0.717) is 12.0 Å². The highest BCUT2D eigenvalue weighted by atomic mass is 16.5. The molecule has 0 spiro atoms. The summed E-state index contributed by atoms with van der Waals surface area (Å²) >= 11 is 0. The number of rotatable bonds is 5. The Hall–Kier alpha value is -1.84. The number of nitrogens with one attached hydrogen (secondary N) is 1. The first-order valence-corrected chi connectivity index (χ1v) is 7.26. The third-order valence-corrected chi connectivity index (χ3v) is 3.48. The molecule has 0 fully saturated rings. The van der Waals surface area contributed by atoms with Gasteiger partial charge in [-0.2, -0.15) is 0 Å². The molecule has 1 atom stereocenters. The van der Waals surface area contributed by atoms with Gasteiger partial charge in [-0.1, -0.05) is 39.8 Å². The fourth-order valence-corrected chi connectivity index (χ4v) is 1.97. The average Bonchev–Trinajstić information content (AvgIpc) is 2.45. The monoisotopic (exact) mass is 291 g/mol. The van der Waals surface area contributed by atoms with Crippen molar-refractivity contribution < 1.29 is 14.3 Å². The Balaban J connectivity index is 2.72. The van der Waals surface area contributed by atoms with E-state index in [0.717, 1.165) is 0 Å². The predicted molar refractivity (Wildman–Crippen MR) is 83.3 cm³/mol. The minimum Gasteiger partial charge on any atom is -0.469 e. The molecule has 0 saturated carbocycles. The summed E-state index contributed by atoms with van der Waals surface area (Å²) in [7, 11) is 1.35. The van der Waals surface area contributed by atoms with E-state index in [2.05, 4.69) is 30.8 Å². The van der Waals surface area contributed by atoms with Crippen molar-refractivity contribution >= 4 is 11.9 Å². The number of benzene rings is 1. The quantitative estimate of drug-likeness (QED) is 0.848. The van der Waals surface area contributed by atoms with Gasteiger partial charge in [-0.25, -0.2) is 0 Å². The highest BCUT2D eigenvalue weighted by Crippen LogP contribution is 2.22. The molecule has 4 heteroatoms. The van der Waals surface area contributed by atoms with Gasteiger partial charge in [-0.3, -0.25) is 9.59 Å². The predicted octanol–water partition coefficient (Wildman–Crippen LogP) is 3.06. The van der Waals surface area contributed by atoms with Crippen LogP contribution in [0.2, 0.25) is 0 Å². The maximum atomic E-state index is 12.2. The fourth-order valence-electron chi connectivity index (χ4n) is 1.97. The van der Waals surface area contributed by atoms with E-state index in [1.54, 1.807) is 0 Å². The Labute approximate surface area is 126 Å². The second-order valence-corrected chi connectivity index (χ2v) is 6.19. The lowest BCUT2D eigenvalue weighted by atomic mass is 9.86. The molecule has 0 aliphatic rings. The number of hydrogen-bond donors (Lipinski definition) is 1. The Morgan fingerprint density at radius 3 is 2.19 bits per heavy atom. The van der Waals surface area contributed by atoms with Crippen LogP contribution in [0.1, 0.15) is 56.5 Å². The Morgan fingerprint density at radius 2 is 1.76 bits per heavy atom. The molecule has 0 heterocycles. The molecule has 0 aliphatic carbocycles. The van der Waals surface area contributed by atoms with Crippen LogP contribution in [0.5, 0.6) is 0 Å². The van der Waals surface area contributed by atoms with E-state index in [9.17, 15) is 9.59 Å². The van der Waals surface area contributed by atoms with Crippen LogP contribution in [-0.2, 0) is 14.9 Å². The largest absolute Gasteiger partial charge is 0.469 e. The van der Waals surface area contributed by atoms with Gasteiger partial charge in [-0.05, 0) is 29.5 Å². The second kappa shape index (κ2) is 7.25. The Morgan fingerprint density at radius 1 is 1.19 bits per heavy atom. The van der Waals surface area contributed by atoms with Crippen molar-refractivity contribution in [2.75, 3.05) is 7.11 Å². The van der Waals surface area contributed by atoms with Crippen molar-refractivity contribution in [1.29, 1.82) is 0 Å². The topological polar surface area (TPSA) is 55.4 Å². The van der Waals surface area contributed by atoms with Crippen molar-refractivity contribution in [3.8, 4) is 0 Å². The fraction of sp³-hybridized carbons (Fsp3) is 0.529. The van der Waals surface area contributed by atoms with Gasteiger partial charge in [0.1, 0.15) is 0 Å². The summed E-state index contributed by atoms with van der Waals surface area (Å²) in [5, 5.41) is 2.87. The molecule has 116 valence electrons. The summed E-state index contributed by atoms with van der Waals surface area (Å²) in [5.74, 6) is -0.476. The summed E-state index contributed by atoms with van der Waals surface area (Å²) in [5.41, 5.74) is 1.85. The summed E-state index contributed by atoms with van der Waals surface area (Å²) in [6.45, 7) is 8.32. The number of amides is 1. The van der Waals surface area contributed by atoms with Gasteiger partial charge < -0.3 is 10.1 Å². The number of hydrogen-bond acceptors (Lipinski definition) is 3. The van der Waals surface area contributed by atoms with Gasteiger partial charge >= 0.3 is 5.97 Å².